The molecule has 2 rings (SSSR count). The van der Waals surface area contributed by atoms with Gasteiger partial charge < -0.3 is 19.1 Å². The van der Waals surface area contributed by atoms with E-state index >= 15 is 0 Å². The Morgan fingerprint density at radius 1 is 1.00 bits per heavy atom. The van der Waals surface area contributed by atoms with Crippen LogP contribution in [0.15, 0.2) is 12.1 Å². The molecule has 1 aliphatic heterocycles. The van der Waals surface area contributed by atoms with Gasteiger partial charge in [0.05, 0.1) is 27.9 Å². The third-order valence-electron chi connectivity index (χ3n) is 3.97. The van der Waals surface area contributed by atoms with E-state index in [4.69, 9.17) is 14.2 Å². The molecule has 140 valence electrons. The van der Waals surface area contributed by atoms with E-state index in [1.54, 1.807) is 0 Å². The zero-order valence-electron chi connectivity index (χ0n) is 14.4. The number of ether oxygens (including phenoxy) is 3. The zero-order chi connectivity index (χ0) is 18.6. The Morgan fingerprint density at radius 3 is 1.92 bits per heavy atom. The molecule has 1 aromatic carbocycles. The lowest BCUT2D eigenvalue weighted by Gasteiger charge is -2.35. The summed E-state index contributed by atoms with van der Waals surface area (Å²) in [6, 6.07) is 3.07. The zero-order valence-corrected chi connectivity index (χ0v) is 14.4. The molecule has 6 nitrogen and oxygen atoms in total. The predicted octanol–water partition coefficient (Wildman–Crippen LogP) is 2.03. The summed E-state index contributed by atoms with van der Waals surface area (Å²) in [5.74, 6) is 0.782. The van der Waals surface area contributed by atoms with Gasteiger partial charge in [-0.15, -0.1) is 0 Å². The molecular formula is C16H21F3N2O4. The lowest BCUT2D eigenvalue weighted by molar-refractivity contribution is -0.148. The number of methoxy groups -OCH3 is 3. The highest BCUT2D eigenvalue weighted by molar-refractivity contribution is 5.95. The minimum absolute atomic E-state index is 0.176. The minimum Gasteiger partial charge on any atom is -0.493 e. The van der Waals surface area contributed by atoms with Crippen LogP contribution < -0.4 is 14.2 Å². The van der Waals surface area contributed by atoms with E-state index in [0.29, 0.717) is 22.8 Å². The third-order valence-corrected chi connectivity index (χ3v) is 3.97. The molecule has 1 saturated heterocycles. The fourth-order valence-corrected chi connectivity index (χ4v) is 2.75. The maximum Gasteiger partial charge on any atom is 0.401 e. The average Bonchev–Trinajstić information content (AvgIpc) is 2.59. The Hall–Kier alpha value is -2.16. The molecule has 1 aromatic rings. The highest BCUT2D eigenvalue weighted by Gasteiger charge is 2.33. The quantitative estimate of drug-likeness (QED) is 0.802. The van der Waals surface area contributed by atoms with Crippen molar-refractivity contribution < 1.29 is 32.2 Å². The van der Waals surface area contributed by atoms with Crippen LogP contribution in [0.2, 0.25) is 0 Å². The topological polar surface area (TPSA) is 51.2 Å². The molecule has 0 aromatic heterocycles. The number of hydrogen-bond donors (Lipinski definition) is 0. The van der Waals surface area contributed by atoms with Gasteiger partial charge in [-0.2, -0.15) is 13.2 Å². The molecule has 1 aliphatic rings. The normalized spacial score (nSPS) is 15.8. The Balaban J connectivity index is 2.11. The van der Waals surface area contributed by atoms with E-state index in [2.05, 4.69) is 0 Å². The second-order valence-electron chi connectivity index (χ2n) is 5.60. The minimum atomic E-state index is -4.23. The van der Waals surface area contributed by atoms with Crippen LogP contribution in [0.1, 0.15) is 10.4 Å². The molecular weight excluding hydrogens is 341 g/mol. The van der Waals surface area contributed by atoms with Gasteiger partial charge in [0.25, 0.3) is 5.91 Å². The van der Waals surface area contributed by atoms with Crippen LogP contribution >= 0.6 is 0 Å². The summed E-state index contributed by atoms with van der Waals surface area (Å²) >= 11 is 0. The molecule has 0 aliphatic carbocycles. The highest BCUT2D eigenvalue weighted by Crippen LogP contribution is 2.38. The average molecular weight is 362 g/mol. The third kappa shape index (κ3) is 4.68. The molecule has 0 bridgehead atoms. The van der Waals surface area contributed by atoms with Crippen LogP contribution in [-0.4, -0.2) is 75.9 Å². The number of alkyl halides is 3. The predicted molar refractivity (Wildman–Crippen MR) is 84.5 cm³/mol. The van der Waals surface area contributed by atoms with E-state index in [1.165, 1.54) is 43.3 Å². The molecule has 25 heavy (non-hydrogen) atoms. The number of benzene rings is 1. The van der Waals surface area contributed by atoms with E-state index in [1.807, 2.05) is 0 Å². The van der Waals surface area contributed by atoms with Gasteiger partial charge in [0.2, 0.25) is 5.75 Å². The first kappa shape index (κ1) is 19.2. The van der Waals surface area contributed by atoms with Crippen molar-refractivity contribution in [3.05, 3.63) is 17.7 Å². The molecule has 1 heterocycles. The summed E-state index contributed by atoms with van der Waals surface area (Å²) in [6.45, 7) is -0.151. The van der Waals surface area contributed by atoms with Gasteiger partial charge in [-0.1, -0.05) is 0 Å². The lowest BCUT2D eigenvalue weighted by Crippen LogP contribution is -2.50. The summed E-state index contributed by atoms with van der Waals surface area (Å²) in [7, 11) is 4.35. The van der Waals surface area contributed by atoms with Crippen molar-refractivity contribution in [2.45, 2.75) is 6.18 Å². The van der Waals surface area contributed by atoms with E-state index < -0.39 is 12.7 Å². The largest absolute Gasteiger partial charge is 0.493 e. The molecule has 0 unspecified atom stereocenters. The van der Waals surface area contributed by atoms with Gasteiger partial charge in [-0.25, -0.2) is 0 Å². The molecule has 1 fully saturated rings. The first-order valence-electron chi connectivity index (χ1n) is 7.67. The number of piperazine rings is 1. The summed E-state index contributed by atoms with van der Waals surface area (Å²) in [5.41, 5.74) is 0.332. The number of amides is 1. The summed E-state index contributed by atoms with van der Waals surface area (Å²) in [4.78, 5) is 15.5. The van der Waals surface area contributed by atoms with E-state index in [0.717, 1.165) is 0 Å². The Labute approximate surface area is 144 Å². The maximum atomic E-state index is 12.7. The van der Waals surface area contributed by atoms with Crippen molar-refractivity contribution in [3.8, 4) is 17.2 Å². The lowest BCUT2D eigenvalue weighted by atomic mass is 10.1. The van der Waals surface area contributed by atoms with Gasteiger partial charge >= 0.3 is 6.18 Å². The van der Waals surface area contributed by atoms with Crippen LogP contribution in [0.25, 0.3) is 0 Å². The second-order valence-corrected chi connectivity index (χ2v) is 5.60. The van der Waals surface area contributed by atoms with Crippen molar-refractivity contribution in [2.75, 3.05) is 54.1 Å². The number of hydrogen-bond acceptors (Lipinski definition) is 5. The molecule has 1 amide bonds. The summed E-state index contributed by atoms with van der Waals surface area (Å²) in [5, 5.41) is 0. The monoisotopic (exact) mass is 362 g/mol. The van der Waals surface area contributed by atoms with Crippen LogP contribution in [0.5, 0.6) is 17.2 Å². The van der Waals surface area contributed by atoms with Gasteiger partial charge in [0.1, 0.15) is 0 Å². The summed E-state index contributed by atoms with van der Waals surface area (Å²) in [6.07, 6.45) is -4.23. The summed E-state index contributed by atoms with van der Waals surface area (Å²) < 4.78 is 53.0. The van der Waals surface area contributed by atoms with Crippen LogP contribution in [0.3, 0.4) is 0 Å². The molecule has 0 radical (unpaired) electrons. The number of rotatable bonds is 5. The Kier molecular flexibility index (Phi) is 5.99. The van der Waals surface area contributed by atoms with Crippen molar-refractivity contribution in [3.63, 3.8) is 0 Å². The van der Waals surface area contributed by atoms with Crippen LogP contribution in [0, 0.1) is 0 Å². The standard InChI is InChI=1S/C16H21F3N2O4/c1-23-12-8-11(9-13(24-2)14(12)25-3)15(22)21-6-4-20(5-7-21)10-16(17,18)19/h8-9H,4-7,10H2,1-3H3. The smallest absolute Gasteiger partial charge is 0.401 e. The molecule has 0 N–H and O–H groups in total. The van der Waals surface area contributed by atoms with E-state index in [9.17, 15) is 18.0 Å². The van der Waals surface area contributed by atoms with Crippen LogP contribution in [-0.2, 0) is 0 Å². The van der Waals surface area contributed by atoms with Crippen molar-refractivity contribution in [1.82, 2.24) is 9.80 Å². The Bertz CT molecular complexity index is 589. The first-order chi connectivity index (χ1) is 11.8. The molecule has 0 spiro atoms. The number of halogens is 3. The first-order valence-corrected chi connectivity index (χ1v) is 7.67. The van der Waals surface area contributed by atoms with Crippen molar-refractivity contribution >= 4 is 5.91 Å². The van der Waals surface area contributed by atoms with Gasteiger partial charge in [0, 0.05) is 31.7 Å². The number of carbonyl (C=O) groups excluding carboxylic acids is 1. The number of nitrogens with zero attached hydrogens (tertiary/aromatic N) is 2. The Morgan fingerprint density at radius 2 is 1.52 bits per heavy atom. The van der Waals surface area contributed by atoms with Crippen molar-refractivity contribution in [1.29, 1.82) is 0 Å². The fourth-order valence-electron chi connectivity index (χ4n) is 2.75. The SMILES string of the molecule is COc1cc(C(=O)N2CCN(CC(F)(F)F)CC2)cc(OC)c1OC. The van der Waals surface area contributed by atoms with Crippen LogP contribution in [0.4, 0.5) is 13.2 Å². The fraction of sp³-hybridized carbons (Fsp3) is 0.562. The second kappa shape index (κ2) is 7.81. The van der Waals surface area contributed by atoms with Gasteiger partial charge in [-0.05, 0) is 12.1 Å². The maximum absolute atomic E-state index is 12.7. The van der Waals surface area contributed by atoms with Gasteiger partial charge in [0.15, 0.2) is 11.5 Å². The number of carbonyl (C=O) groups is 1. The molecule has 0 atom stereocenters. The molecule has 0 saturated carbocycles. The van der Waals surface area contributed by atoms with Gasteiger partial charge in [-0.3, -0.25) is 9.69 Å². The molecule has 9 heteroatoms. The van der Waals surface area contributed by atoms with Crippen molar-refractivity contribution in [2.24, 2.45) is 0 Å². The highest BCUT2D eigenvalue weighted by atomic mass is 19.4. The van der Waals surface area contributed by atoms with E-state index in [-0.39, 0.29) is 32.1 Å².